The van der Waals surface area contributed by atoms with Crippen LogP contribution in [0.2, 0.25) is 0 Å². The fraction of sp³-hybridized carbons (Fsp3) is 0.333. The van der Waals surface area contributed by atoms with Crippen molar-refractivity contribution in [1.82, 2.24) is 15.1 Å². The molecule has 1 heterocycles. The number of nitrogens with zero attached hydrogens (tertiary/aromatic N) is 3. The molecule has 2 rings (SSSR count). The van der Waals surface area contributed by atoms with Crippen LogP contribution in [0, 0.1) is 10.1 Å². The van der Waals surface area contributed by atoms with Crippen LogP contribution < -0.4 is 11.1 Å². The third kappa shape index (κ3) is 4.30. The lowest BCUT2D eigenvalue weighted by atomic mass is 10.0. The summed E-state index contributed by atoms with van der Waals surface area (Å²) in [5.41, 5.74) is 5.73. The Morgan fingerprint density at radius 3 is 2.58 bits per heavy atom. The van der Waals surface area contributed by atoms with E-state index in [1.165, 1.54) is 10.9 Å². The van der Waals surface area contributed by atoms with E-state index in [2.05, 4.69) is 10.4 Å². The summed E-state index contributed by atoms with van der Waals surface area (Å²) in [5.74, 6) is -0.318. The summed E-state index contributed by atoms with van der Waals surface area (Å²) in [5, 5.41) is 17.4. The Hall–Kier alpha value is -2.45. The largest absolute Gasteiger partial charge is 0.352 e. The van der Waals surface area contributed by atoms with Crippen LogP contribution in [0.15, 0.2) is 42.7 Å². The maximum Gasteiger partial charge on any atom is 0.307 e. The van der Waals surface area contributed by atoms with Crippen molar-refractivity contribution in [3.63, 3.8) is 0 Å². The normalized spacial score (nSPS) is 12.1. The van der Waals surface area contributed by atoms with Crippen LogP contribution in [-0.4, -0.2) is 27.2 Å². The van der Waals surface area contributed by atoms with Gasteiger partial charge in [0.05, 0.1) is 4.92 Å². The Labute approximate surface area is 145 Å². The van der Waals surface area contributed by atoms with Gasteiger partial charge in [-0.05, 0) is 19.4 Å². The van der Waals surface area contributed by atoms with E-state index in [1.807, 2.05) is 30.3 Å². The Morgan fingerprint density at radius 2 is 2.04 bits per heavy atom. The summed E-state index contributed by atoms with van der Waals surface area (Å²) >= 11 is 0. The monoisotopic (exact) mass is 353 g/mol. The Kier molecular flexibility index (Phi) is 6.44. The molecule has 0 saturated heterocycles. The van der Waals surface area contributed by atoms with Gasteiger partial charge < -0.3 is 11.1 Å². The van der Waals surface area contributed by atoms with Gasteiger partial charge in [0.2, 0.25) is 5.91 Å². The first-order valence-electron chi connectivity index (χ1n) is 7.10. The summed E-state index contributed by atoms with van der Waals surface area (Å²) in [6.07, 6.45) is 2.35. The lowest BCUT2D eigenvalue weighted by molar-refractivity contribution is -0.385. The molecule has 1 unspecified atom stereocenters. The number of hydrogen-bond acceptors (Lipinski definition) is 5. The highest BCUT2D eigenvalue weighted by molar-refractivity contribution is 5.85. The molecule has 0 saturated carbocycles. The average Bonchev–Trinajstić information content (AvgIpc) is 3.04. The van der Waals surface area contributed by atoms with Crippen LogP contribution >= 0.6 is 12.4 Å². The molecule has 1 aromatic heterocycles. The molecule has 8 nitrogen and oxygen atoms in total. The quantitative estimate of drug-likeness (QED) is 0.606. The Morgan fingerprint density at radius 1 is 1.42 bits per heavy atom. The third-order valence-corrected chi connectivity index (χ3v) is 3.62. The number of nitrogens with two attached hydrogens (primary N) is 1. The molecule has 0 radical (unpaired) electrons. The van der Waals surface area contributed by atoms with Crippen LogP contribution in [0.25, 0.3) is 0 Å². The van der Waals surface area contributed by atoms with E-state index in [0.717, 1.165) is 11.8 Å². The first kappa shape index (κ1) is 19.6. The second-order valence-electron chi connectivity index (χ2n) is 5.69. The number of amides is 1. The minimum Gasteiger partial charge on any atom is -0.352 e. The van der Waals surface area contributed by atoms with Crippen LogP contribution in [0.5, 0.6) is 0 Å². The highest BCUT2D eigenvalue weighted by Gasteiger charge is 2.32. The molecule has 0 aliphatic carbocycles. The molecule has 3 N–H and O–H groups in total. The number of benzene rings is 1. The van der Waals surface area contributed by atoms with E-state index in [1.54, 1.807) is 13.8 Å². The molecule has 2 aromatic rings. The smallest absolute Gasteiger partial charge is 0.307 e. The number of aromatic nitrogens is 2. The molecule has 0 aliphatic heterocycles. The minimum atomic E-state index is -1.06. The Bertz CT molecular complexity index is 702. The lowest BCUT2D eigenvalue weighted by Gasteiger charge is -2.25. The first-order valence-corrected chi connectivity index (χ1v) is 7.10. The minimum absolute atomic E-state index is 0. The molecule has 1 atom stereocenters. The van der Waals surface area contributed by atoms with Gasteiger partial charge in [-0.15, -0.1) is 12.4 Å². The molecule has 0 bridgehead atoms. The molecule has 1 aromatic carbocycles. The standard InChI is InChI=1S/C15H19N5O3.ClH/c1-15(2,19-10-12(8-18-19)20(22)23)14(21)17-9-13(16)11-6-4-3-5-7-11;/h3-8,10,13H,9,16H2,1-2H3,(H,17,21);1H. The third-order valence-electron chi connectivity index (χ3n) is 3.62. The molecule has 24 heavy (non-hydrogen) atoms. The van der Waals surface area contributed by atoms with E-state index in [9.17, 15) is 14.9 Å². The molecule has 9 heteroatoms. The van der Waals surface area contributed by atoms with Crippen molar-refractivity contribution in [1.29, 1.82) is 0 Å². The molecule has 0 fully saturated rings. The number of carbonyl (C=O) groups excluding carboxylic acids is 1. The molecular weight excluding hydrogens is 334 g/mol. The second kappa shape index (κ2) is 7.89. The van der Waals surface area contributed by atoms with Gasteiger partial charge in [-0.25, -0.2) is 0 Å². The number of nitro groups is 1. The van der Waals surface area contributed by atoms with Gasteiger partial charge in [0.15, 0.2) is 0 Å². The summed E-state index contributed by atoms with van der Waals surface area (Å²) in [6.45, 7) is 3.52. The zero-order valence-corrected chi connectivity index (χ0v) is 14.2. The molecule has 0 aliphatic rings. The molecule has 0 spiro atoms. The maximum absolute atomic E-state index is 12.4. The fourth-order valence-electron chi connectivity index (χ4n) is 2.05. The lowest BCUT2D eigenvalue weighted by Crippen LogP contribution is -2.46. The summed E-state index contributed by atoms with van der Waals surface area (Å²) in [4.78, 5) is 22.5. The molecular formula is C15H20ClN5O3. The maximum atomic E-state index is 12.4. The summed E-state index contributed by atoms with van der Waals surface area (Å²) in [7, 11) is 0. The van der Waals surface area contributed by atoms with E-state index in [4.69, 9.17) is 5.73 Å². The molecule has 1 amide bonds. The zero-order valence-electron chi connectivity index (χ0n) is 13.4. The van der Waals surface area contributed by atoms with Gasteiger partial charge >= 0.3 is 5.69 Å². The zero-order chi connectivity index (χ0) is 17.0. The van der Waals surface area contributed by atoms with Crippen molar-refractivity contribution in [3.8, 4) is 0 Å². The van der Waals surface area contributed by atoms with Crippen LogP contribution in [0.3, 0.4) is 0 Å². The van der Waals surface area contributed by atoms with Crippen molar-refractivity contribution in [2.75, 3.05) is 6.54 Å². The Balaban J connectivity index is 0.00000288. The van der Waals surface area contributed by atoms with E-state index < -0.39 is 10.5 Å². The summed E-state index contributed by atoms with van der Waals surface area (Å²) < 4.78 is 1.27. The van der Waals surface area contributed by atoms with Gasteiger partial charge in [0, 0.05) is 12.6 Å². The highest BCUT2D eigenvalue weighted by Crippen LogP contribution is 2.19. The van der Waals surface area contributed by atoms with Gasteiger partial charge in [0.1, 0.15) is 17.9 Å². The van der Waals surface area contributed by atoms with Crippen LogP contribution in [-0.2, 0) is 10.3 Å². The van der Waals surface area contributed by atoms with Crippen molar-refractivity contribution in [2.45, 2.75) is 25.4 Å². The van der Waals surface area contributed by atoms with Gasteiger partial charge in [-0.3, -0.25) is 19.6 Å². The molecule has 130 valence electrons. The van der Waals surface area contributed by atoms with Crippen molar-refractivity contribution >= 4 is 24.0 Å². The highest BCUT2D eigenvalue weighted by atomic mass is 35.5. The number of hydrogen-bond donors (Lipinski definition) is 2. The number of halogens is 1. The van der Waals surface area contributed by atoms with Gasteiger partial charge in [0.25, 0.3) is 0 Å². The van der Waals surface area contributed by atoms with Crippen molar-refractivity contribution in [3.05, 3.63) is 58.4 Å². The van der Waals surface area contributed by atoms with Crippen molar-refractivity contribution in [2.24, 2.45) is 5.73 Å². The van der Waals surface area contributed by atoms with Crippen LogP contribution in [0.1, 0.15) is 25.5 Å². The van der Waals surface area contributed by atoms with Crippen molar-refractivity contribution < 1.29 is 9.72 Å². The predicted molar refractivity (Wildman–Crippen MR) is 91.8 cm³/mol. The van der Waals surface area contributed by atoms with Crippen LogP contribution in [0.4, 0.5) is 5.69 Å². The number of rotatable bonds is 6. The van der Waals surface area contributed by atoms with E-state index in [-0.39, 0.29) is 36.6 Å². The predicted octanol–water partition coefficient (Wildman–Crippen LogP) is 1.76. The summed E-state index contributed by atoms with van der Waals surface area (Å²) in [6, 6.07) is 9.09. The number of nitrogens with one attached hydrogen (secondary N) is 1. The SMILES string of the molecule is CC(C)(C(=O)NCC(N)c1ccccc1)n1cc([N+](=O)[O-])cn1.Cl. The second-order valence-corrected chi connectivity index (χ2v) is 5.69. The first-order chi connectivity index (χ1) is 10.8. The van der Waals surface area contributed by atoms with Gasteiger partial charge in [-0.2, -0.15) is 5.10 Å². The van der Waals surface area contributed by atoms with E-state index >= 15 is 0 Å². The topological polar surface area (TPSA) is 116 Å². The van der Waals surface area contributed by atoms with Gasteiger partial charge in [-0.1, -0.05) is 30.3 Å². The number of carbonyl (C=O) groups is 1. The fourth-order valence-corrected chi connectivity index (χ4v) is 2.05. The average molecular weight is 354 g/mol. The van der Waals surface area contributed by atoms with E-state index in [0.29, 0.717) is 0 Å².